The van der Waals surface area contributed by atoms with Crippen molar-refractivity contribution in [3.05, 3.63) is 0 Å². The lowest BCUT2D eigenvalue weighted by molar-refractivity contribution is -0.127. The highest BCUT2D eigenvalue weighted by molar-refractivity contribution is 5.89. The van der Waals surface area contributed by atoms with Crippen molar-refractivity contribution in [2.24, 2.45) is 5.92 Å². The molecule has 0 aliphatic carbocycles. The summed E-state index contributed by atoms with van der Waals surface area (Å²) in [5, 5.41) is 9.02. The third-order valence-corrected chi connectivity index (χ3v) is 3.24. The molecule has 0 radical (unpaired) electrons. The quantitative estimate of drug-likeness (QED) is 0.586. The number of hydrogen-bond donors (Lipinski definition) is 3. The van der Waals surface area contributed by atoms with Crippen molar-refractivity contribution in [2.45, 2.75) is 31.7 Å². The largest absolute Gasteiger partial charge is 0.355 e. The molecule has 0 spiro atoms. The van der Waals surface area contributed by atoms with E-state index in [1.54, 1.807) is 0 Å². The van der Waals surface area contributed by atoms with E-state index in [-0.39, 0.29) is 23.8 Å². The molecule has 5 heteroatoms. The number of amides is 2. The smallest absolute Gasteiger partial charge is 0.225 e. The molecular formula is C11H19N3O2. The zero-order valence-corrected chi connectivity index (χ0v) is 9.42. The van der Waals surface area contributed by atoms with Crippen LogP contribution in [0, 0.1) is 5.92 Å². The van der Waals surface area contributed by atoms with Gasteiger partial charge in [-0.15, -0.1) is 0 Å². The summed E-state index contributed by atoms with van der Waals surface area (Å²) in [6.07, 6.45) is 3.70. The van der Waals surface area contributed by atoms with Crippen molar-refractivity contribution >= 4 is 11.8 Å². The topological polar surface area (TPSA) is 70.2 Å². The second-order valence-corrected chi connectivity index (χ2v) is 4.61. The molecule has 2 unspecified atom stereocenters. The molecule has 90 valence electrons. The minimum Gasteiger partial charge on any atom is -0.355 e. The van der Waals surface area contributed by atoms with Crippen LogP contribution in [0.4, 0.5) is 0 Å². The molecule has 2 heterocycles. The van der Waals surface area contributed by atoms with E-state index < -0.39 is 0 Å². The van der Waals surface area contributed by atoms with Crippen LogP contribution in [0.5, 0.6) is 0 Å². The van der Waals surface area contributed by atoms with Gasteiger partial charge in [0.25, 0.3) is 0 Å². The number of rotatable bonds is 2. The fourth-order valence-corrected chi connectivity index (χ4v) is 2.25. The van der Waals surface area contributed by atoms with Crippen molar-refractivity contribution in [2.75, 3.05) is 19.6 Å². The van der Waals surface area contributed by atoms with Gasteiger partial charge in [-0.2, -0.15) is 0 Å². The molecule has 2 fully saturated rings. The lowest BCUT2D eigenvalue weighted by Gasteiger charge is -2.18. The molecule has 2 rings (SSSR count). The van der Waals surface area contributed by atoms with Crippen molar-refractivity contribution in [3.8, 4) is 0 Å². The molecule has 0 aromatic heterocycles. The van der Waals surface area contributed by atoms with E-state index in [4.69, 9.17) is 0 Å². The van der Waals surface area contributed by atoms with E-state index in [1.165, 1.54) is 6.42 Å². The van der Waals surface area contributed by atoms with Crippen LogP contribution in [-0.2, 0) is 9.59 Å². The highest BCUT2D eigenvalue weighted by Crippen LogP contribution is 2.10. The Morgan fingerprint density at radius 1 is 1.31 bits per heavy atom. The summed E-state index contributed by atoms with van der Waals surface area (Å²) < 4.78 is 0. The van der Waals surface area contributed by atoms with Crippen molar-refractivity contribution < 1.29 is 9.59 Å². The van der Waals surface area contributed by atoms with Gasteiger partial charge < -0.3 is 16.0 Å². The van der Waals surface area contributed by atoms with Crippen LogP contribution in [-0.4, -0.2) is 37.5 Å². The van der Waals surface area contributed by atoms with Crippen LogP contribution in [0.2, 0.25) is 0 Å². The van der Waals surface area contributed by atoms with Crippen molar-refractivity contribution in [1.29, 1.82) is 0 Å². The first kappa shape index (κ1) is 11.4. The maximum absolute atomic E-state index is 11.8. The second kappa shape index (κ2) is 5.30. The fourth-order valence-electron chi connectivity index (χ4n) is 2.25. The number of carbonyl (C=O) groups is 2. The summed E-state index contributed by atoms with van der Waals surface area (Å²) >= 11 is 0. The molecule has 5 nitrogen and oxygen atoms in total. The van der Waals surface area contributed by atoms with E-state index >= 15 is 0 Å². The van der Waals surface area contributed by atoms with Crippen LogP contribution in [0.15, 0.2) is 0 Å². The molecule has 0 aromatic carbocycles. The van der Waals surface area contributed by atoms with Crippen molar-refractivity contribution in [3.63, 3.8) is 0 Å². The van der Waals surface area contributed by atoms with E-state index in [9.17, 15) is 9.59 Å². The molecule has 2 saturated heterocycles. The minimum atomic E-state index is -0.171. The average molecular weight is 225 g/mol. The van der Waals surface area contributed by atoms with E-state index in [0.29, 0.717) is 13.0 Å². The Bertz CT molecular complexity index is 272. The molecule has 16 heavy (non-hydrogen) atoms. The van der Waals surface area contributed by atoms with Gasteiger partial charge in [-0.25, -0.2) is 0 Å². The number of carbonyl (C=O) groups excluding carboxylic acids is 2. The van der Waals surface area contributed by atoms with Crippen LogP contribution >= 0.6 is 0 Å². The summed E-state index contributed by atoms with van der Waals surface area (Å²) in [6, 6.07) is 0.228. The van der Waals surface area contributed by atoms with Gasteiger partial charge in [0.2, 0.25) is 11.8 Å². The highest BCUT2D eigenvalue weighted by Gasteiger charge is 2.29. The average Bonchev–Trinajstić information content (AvgIpc) is 2.54. The molecule has 2 amide bonds. The van der Waals surface area contributed by atoms with Crippen LogP contribution < -0.4 is 16.0 Å². The van der Waals surface area contributed by atoms with Gasteiger partial charge in [0.05, 0.1) is 5.92 Å². The molecule has 2 aliphatic heterocycles. The third kappa shape index (κ3) is 2.95. The second-order valence-electron chi connectivity index (χ2n) is 4.61. The predicted octanol–water partition coefficient (Wildman–Crippen LogP) is -0.619. The molecule has 0 aromatic rings. The molecule has 3 N–H and O–H groups in total. The summed E-state index contributed by atoms with van der Waals surface area (Å²) in [5.41, 5.74) is 0. The van der Waals surface area contributed by atoms with E-state index in [2.05, 4.69) is 16.0 Å². The zero-order chi connectivity index (χ0) is 11.4. The van der Waals surface area contributed by atoms with Gasteiger partial charge in [0.1, 0.15) is 0 Å². The fraction of sp³-hybridized carbons (Fsp3) is 0.818. The van der Waals surface area contributed by atoms with Gasteiger partial charge >= 0.3 is 0 Å². The summed E-state index contributed by atoms with van der Waals surface area (Å²) in [5.74, 6) is -0.165. The monoisotopic (exact) mass is 225 g/mol. The Labute approximate surface area is 95.3 Å². The van der Waals surface area contributed by atoms with Gasteiger partial charge in [-0.05, 0) is 19.4 Å². The lowest BCUT2D eigenvalue weighted by Crippen LogP contribution is -2.44. The molecule has 2 aliphatic rings. The third-order valence-electron chi connectivity index (χ3n) is 3.24. The lowest BCUT2D eigenvalue weighted by atomic mass is 10.1. The van der Waals surface area contributed by atoms with E-state index in [1.807, 2.05) is 0 Å². The molecular weight excluding hydrogens is 206 g/mol. The van der Waals surface area contributed by atoms with Crippen LogP contribution in [0.1, 0.15) is 25.7 Å². The molecule has 0 bridgehead atoms. The van der Waals surface area contributed by atoms with Gasteiger partial charge in [0, 0.05) is 25.6 Å². The Morgan fingerprint density at radius 2 is 2.19 bits per heavy atom. The Hall–Kier alpha value is -1.10. The van der Waals surface area contributed by atoms with Gasteiger partial charge in [-0.3, -0.25) is 9.59 Å². The standard InChI is InChI=1S/C11H19N3O2/c15-10-5-8(6-13-10)11(16)14-9-3-1-2-4-12-7-9/h8-9,12H,1-7H2,(H,13,15)(H,14,16). The first-order chi connectivity index (χ1) is 7.75. The Kier molecular flexibility index (Phi) is 3.77. The first-order valence-corrected chi connectivity index (χ1v) is 6.03. The van der Waals surface area contributed by atoms with Crippen LogP contribution in [0.25, 0.3) is 0 Å². The molecule has 0 saturated carbocycles. The summed E-state index contributed by atoms with van der Waals surface area (Å²) in [4.78, 5) is 22.8. The SMILES string of the molecule is O=C1CC(C(=O)NC2CCCCNC2)CN1. The highest BCUT2D eigenvalue weighted by atomic mass is 16.2. The van der Waals surface area contributed by atoms with Gasteiger partial charge in [0.15, 0.2) is 0 Å². The van der Waals surface area contributed by atoms with Crippen LogP contribution in [0.3, 0.4) is 0 Å². The number of hydrogen-bond acceptors (Lipinski definition) is 3. The maximum atomic E-state index is 11.8. The minimum absolute atomic E-state index is 0.0147. The summed E-state index contributed by atoms with van der Waals surface area (Å²) in [7, 11) is 0. The summed E-state index contributed by atoms with van der Waals surface area (Å²) in [6.45, 7) is 2.38. The van der Waals surface area contributed by atoms with Crippen molar-refractivity contribution in [1.82, 2.24) is 16.0 Å². The first-order valence-electron chi connectivity index (χ1n) is 6.03. The normalized spacial score (nSPS) is 30.6. The number of nitrogens with one attached hydrogen (secondary N) is 3. The maximum Gasteiger partial charge on any atom is 0.225 e. The Balaban J connectivity index is 1.79. The van der Waals surface area contributed by atoms with E-state index in [0.717, 1.165) is 25.9 Å². The predicted molar refractivity (Wildman–Crippen MR) is 59.8 cm³/mol. The zero-order valence-electron chi connectivity index (χ0n) is 9.42. The Morgan fingerprint density at radius 3 is 2.94 bits per heavy atom. The van der Waals surface area contributed by atoms with Gasteiger partial charge in [-0.1, -0.05) is 6.42 Å². The molecule has 2 atom stereocenters.